The summed E-state index contributed by atoms with van der Waals surface area (Å²) in [5.41, 5.74) is 7.29. The quantitative estimate of drug-likeness (QED) is 0.0987. The zero-order chi connectivity index (χ0) is 52.6. The maximum Gasteiger partial charge on any atom is 0.490 e. The summed E-state index contributed by atoms with van der Waals surface area (Å²) < 4.78 is 14.7. The minimum absolute atomic E-state index is 0. The highest BCUT2D eigenvalue weighted by Crippen LogP contribution is 2.33. The molecule has 75 heavy (non-hydrogen) atoms. The van der Waals surface area contributed by atoms with E-state index in [1.807, 2.05) is 115 Å². The van der Waals surface area contributed by atoms with Crippen molar-refractivity contribution in [2.75, 3.05) is 76.4 Å². The van der Waals surface area contributed by atoms with E-state index in [1.54, 1.807) is 35.8 Å². The molecule has 0 unspecified atom stereocenters. The van der Waals surface area contributed by atoms with Gasteiger partial charge in [0.25, 0.3) is 0 Å². The number of hydrogen-bond acceptors (Lipinski definition) is 12. The van der Waals surface area contributed by atoms with E-state index in [-0.39, 0.29) is 32.3 Å². The first-order valence-corrected chi connectivity index (χ1v) is 26.1. The third-order valence-electron chi connectivity index (χ3n) is 12.8. The fourth-order valence-electron chi connectivity index (χ4n) is 8.51. The molecule has 0 spiro atoms. The Morgan fingerprint density at radius 1 is 0.613 bits per heavy atom. The van der Waals surface area contributed by atoms with Gasteiger partial charge in [-0.25, -0.2) is 0 Å². The van der Waals surface area contributed by atoms with Crippen molar-refractivity contribution < 1.29 is 29.1 Å². The van der Waals surface area contributed by atoms with Gasteiger partial charge in [-0.3, -0.25) is 28.9 Å². The molecule has 4 aromatic heterocycles. The third-order valence-corrected chi connectivity index (χ3v) is 15.4. The fraction of sp³-hybridized carbons (Fsp3) is 0.283. The SMILES string of the molecule is C.COc1cc(N2CCN(C(=O)Cn3nc(-c4cnc5ccccc5c4)c(Cl)c3C)CC2)ccc1Cl.COc1cc(N2CCN(C(=O)Cn3nc(I)c(Cl)c3C)CC2)ccc1Cl.OB(O)c1cnc2ccccc2c1. The van der Waals surface area contributed by atoms with Crippen molar-refractivity contribution in [3.8, 4) is 22.8 Å². The molecule has 8 aromatic rings. The van der Waals surface area contributed by atoms with Crippen LogP contribution >= 0.6 is 69.0 Å². The van der Waals surface area contributed by atoms with Crippen molar-refractivity contribution in [3.05, 3.63) is 145 Å². The van der Waals surface area contributed by atoms with Crippen LogP contribution in [-0.2, 0) is 22.7 Å². The van der Waals surface area contributed by atoms with Crippen LogP contribution in [-0.4, -0.2) is 135 Å². The molecule has 2 amide bonds. The average molecular weight is 1210 g/mol. The Balaban J connectivity index is 0.000000179. The number of methoxy groups -OCH3 is 2. The molecule has 22 heteroatoms. The molecule has 0 atom stereocenters. The second-order valence-corrected chi connectivity index (χ2v) is 20.0. The zero-order valence-corrected chi connectivity index (χ0v) is 46.1. The lowest BCUT2D eigenvalue weighted by atomic mass is 9.81. The number of ether oxygens (including phenoxy) is 2. The molecule has 10 rings (SSSR count). The number of carbonyl (C=O) groups excluding carboxylic acids is 2. The largest absolute Gasteiger partial charge is 0.495 e. The Morgan fingerprint density at radius 3 is 1.53 bits per heavy atom. The van der Waals surface area contributed by atoms with Crippen molar-refractivity contribution in [1.29, 1.82) is 0 Å². The Hall–Kier alpha value is -5.87. The normalized spacial score (nSPS) is 13.4. The van der Waals surface area contributed by atoms with Gasteiger partial charge in [0, 0.05) is 105 Å². The summed E-state index contributed by atoms with van der Waals surface area (Å²) in [6, 6.07) is 30.6. The number of hydrogen-bond donors (Lipinski definition) is 2. The summed E-state index contributed by atoms with van der Waals surface area (Å²) in [6.45, 7) is 9.64. The van der Waals surface area contributed by atoms with Crippen LogP contribution in [0.3, 0.4) is 0 Å². The monoisotopic (exact) mass is 1210 g/mol. The van der Waals surface area contributed by atoms with Crippen LogP contribution in [0.5, 0.6) is 11.5 Å². The Labute approximate surface area is 469 Å². The van der Waals surface area contributed by atoms with Crippen LogP contribution in [0.15, 0.2) is 109 Å². The van der Waals surface area contributed by atoms with Gasteiger partial charge in [-0.05, 0) is 84.3 Å². The van der Waals surface area contributed by atoms with E-state index in [0.29, 0.717) is 68.9 Å². The second kappa shape index (κ2) is 25.8. The number of fused-ring (bicyclic) bond motifs is 2. The molecule has 0 saturated carbocycles. The molecule has 2 saturated heterocycles. The first-order chi connectivity index (χ1) is 35.6. The van der Waals surface area contributed by atoms with E-state index in [4.69, 9.17) is 65.9 Å². The summed E-state index contributed by atoms with van der Waals surface area (Å²) in [7, 11) is 1.76. The first kappa shape index (κ1) is 56.9. The number of rotatable bonds is 10. The Morgan fingerprint density at radius 2 is 1.07 bits per heavy atom. The standard InChI is InChI=1S/C26H25Cl2N5O2.C17H19Cl2IN4O2.C9H8BNO2.CH4/c1-17-25(28)26(19-13-18-5-3-4-6-22(18)29-15-19)30-33(17)16-24(34)32-11-9-31(10-12-32)20-7-8-21(27)23(14-20)35-2;1-11-16(19)17(20)21-24(11)10-15(25)23-7-5-22(6-8-23)12-3-4-13(18)14(9-12)26-2;12-10(13)8-5-7-3-1-2-4-9(7)11-6-8;/h3-8,13-15H,9-12,16H2,1-2H3;3-4,9H,5-8,10H2,1-2H3;1-6,12-13H;1H4. The average Bonchev–Trinajstić information content (AvgIpc) is 3.84. The zero-order valence-electron chi connectivity index (χ0n) is 40.9. The minimum atomic E-state index is -1.45. The molecule has 6 heterocycles. The van der Waals surface area contributed by atoms with Gasteiger partial charge in [0.1, 0.15) is 34.0 Å². The third kappa shape index (κ3) is 13.6. The van der Waals surface area contributed by atoms with Crippen molar-refractivity contribution in [1.82, 2.24) is 39.3 Å². The van der Waals surface area contributed by atoms with Crippen molar-refractivity contribution in [2.45, 2.75) is 34.4 Å². The van der Waals surface area contributed by atoms with Crippen LogP contribution < -0.4 is 24.7 Å². The summed E-state index contributed by atoms with van der Waals surface area (Å²) >= 11 is 27.1. The van der Waals surface area contributed by atoms with Gasteiger partial charge in [0.2, 0.25) is 11.8 Å². The first-order valence-electron chi connectivity index (χ1n) is 23.5. The van der Waals surface area contributed by atoms with Crippen LogP contribution in [0.2, 0.25) is 20.1 Å². The maximum absolute atomic E-state index is 13.1. The lowest BCUT2D eigenvalue weighted by Crippen LogP contribution is -2.49. The van der Waals surface area contributed by atoms with E-state index in [2.05, 4.69) is 52.6 Å². The van der Waals surface area contributed by atoms with Crippen LogP contribution in [0.25, 0.3) is 33.1 Å². The van der Waals surface area contributed by atoms with Gasteiger partial charge in [-0.1, -0.05) is 96.3 Å². The second-order valence-electron chi connectivity index (χ2n) is 17.4. The van der Waals surface area contributed by atoms with Crippen molar-refractivity contribution in [2.24, 2.45) is 0 Å². The number of amides is 2. The molecule has 2 N–H and O–H groups in total. The number of para-hydroxylation sites is 2. The number of nitrogens with zero attached hydrogens (tertiary/aromatic N) is 10. The summed E-state index contributed by atoms with van der Waals surface area (Å²) in [4.78, 5) is 42.5. The molecule has 2 aliphatic heterocycles. The highest BCUT2D eigenvalue weighted by molar-refractivity contribution is 14.1. The number of aromatic nitrogens is 6. The summed E-state index contributed by atoms with van der Waals surface area (Å²) in [5.74, 6) is 1.37. The van der Waals surface area contributed by atoms with Gasteiger partial charge in [-0.2, -0.15) is 10.2 Å². The minimum Gasteiger partial charge on any atom is -0.495 e. The molecule has 392 valence electrons. The maximum atomic E-state index is 13.1. The highest BCUT2D eigenvalue weighted by atomic mass is 127. The molecule has 2 fully saturated rings. The van der Waals surface area contributed by atoms with Gasteiger partial charge >= 0.3 is 7.12 Å². The number of halogens is 5. The smallest absolute Gasteiger partial charge is 0.490 e. The topological polar surface area (TPSA) is 167 Å². The van der Waals surface area contributed by atoms with Crippen molar-refractivity contribution in [3.63, 3.8) is 0 Å². The predicted octanol–water partition coefficient (Wildman–Crippen LogP) is 9.08. The molecular weight excluding hydrogens is 1150 g/mol. The molecule has 2 aliphatic rings. The van der Waals surface area contributed by atoms with Gasteiger partial charge in [0.05, 0.1) is 56.7 Å². The van der Waals surface area contributed by atoms with E-state index >= 15 is 0 Å². The molecular formula is C53H56BCl4IN10O6. The van der Waals surface area contributed by atoms with E-state index in [9.17, 15) is 9.59 Å². The lowest BCUT2D eigenvalue weighted by Gasteiger charge is -2.36. The number of pyridine rings is 2. The van der Waals surface area contributed by atoms with Crippen molar-refractivity contribution >= 4 is 127 Å². The highest BCUT2D eigenvalue weighted by Gasteiger charge is 2.26. The molecule has 0 radical (unpaired) electrons. The van der Waals surface area contributed by atoms with Gasteiger partial charge in [-0.15, -0.1) is 0 Å². The number of carbonyl (C=O) groups is 2. The predicted molar refractivity (Wildman–Crippen MR) is 309 cm³/mol. The number of benzene rings is 4. The number of anilines is 2. The lowest BCUT2D eigenvalue weighted by molar-refractivity contribution is -0.133. The van der Waals surface area contributed by atoms with E-state index < -0.39 is 7.12 Å². The Kier molecular flexibility index (Phi) is 19.5. The van der Waals surface area contributed by atoms with Gasteiger partial charge in [0.15, 0.2) is 0 Å². The summed E-state index contributed by atoms with van der Waals surface area (Å²) in [6.07, 6.45) is 3.24. The fourth-order valence-corrected chi connectivity index (χ4v) is 9.93. The van der Waals surface area contributed by atoms with Crippen LogP contribution in [0.1, 0.15) is 18.8 Å². The van der Waals surface area contributed by atoms with Gasteiger partial charge < -0.3 is 39.1 Å². The molecule has 0 bridgehead atoms. The molecule has 0 aliphatic carbocycles. The van der Waals surface area contributed by atoms with E-state index in [1.165, 1.54) is 6.20 Å². The molecule has 4 aromatic carbocycles. The number of piperazine rings is 2. The Bertz CT molecular complexity index is 3290. The molecule has 16 nitrogen and oxygen atoms in total. The van der Waals surface area contributed by atoms with E-state index in [0.717, 1.165) is 80.0 Å². The van der Waals surface area contributed by atoms with Crippen LogP contribution in [0, 0.1) is 17.5 Å². The summed E-state index contributed by atoms with van der Waals surface area (Å²) in [5, 5.41) is 31.0. The van der Waals surface area contributed by atoms with Crippen LogP contribution in [0.4, 0.5) is 11.4 Å².